The number of carbonyl (C=O) groups is 1. The van der Waals surface area contributed by atoms with Gasteiger partial charge in [-0.05, 0) is 91.9 Å². The predicted molar refractivity (Wildman–Crippen MR) is 146 cm³/mol. The van der Waals surface area contributed by atoms with Crippen molar-refractivity contribution in [2.75, 3.05) is 16.8 Å². The highest BCUT2D eigenvalue weighted by atomic mass is 32.1. The smallest absolute Gasteiger partial charge is 0.221 e. The van der Waals surface area contributed by atoms with E-state index < -0.39 is 0 Å². The van der Waals surface area contributed by atoms with Crippen LogP contribution in [-0.2, 0) is 4.79 Å². The molecule has 36 heavy (non-hydrogen) atoms. The van der Waals surface area contributed by atoms with E-state index in [2.05, 4.69) is 49.5 Å². The Kier molecular flexibility index (Phi) is 6.69. The fraction of sp³-hybridized carbons (Fsp3) is 0.179. The molecule has 5 rings (SSSR count). The average Bonchev–Trinajstić information content (AvgIpc) is 3.50. The van der Waals surface area contributed by atoms with E-state index in [1.807, 2.05) is 67.6 Å². The molecule has 0 unspecified atom stereocenters. The number of hydrogen-bond donors (Lipinski definition) is 2. The van der Waals surface area contributed by atoms with Gasteiger partial charge in [0.05, 0.1) is 18.3 Å². The van der Waals surface area contributed by atoms with Crippen molar-refractivity contribution >= 4 is 34.6 Å². The van der Waals surface area contributed by atoms with Crippen LogP contribution < -0.4 is 20.3 Å². The average molecular weight is 498 g/mol. The first kappa shape index (κ1) is 23.6. The summed E-state index contributed by atoms with van der Waals surface area (Å²) in [5.41, 5.74) is 4.65. The van der Waals surface area contributed by atoms with Gasteiger partial charge in [-0.1, -0.05) is 6.07 Å². The number of amides is 1. The maximum atomic E-state index is 11.5. The van der Waals surface area contributed by atoms with Crippen molar-refractivity contribution in [2.24, 2.45) is 0 Å². The molecule has 0 saturated carbocycles. The highest BCUT2D eigenvalue weighted by molar-refractivity contribution is 7.80. The van der Waals surface area contributed by atoms with Crippen LogP contribution in [0.25, 0.3) is 5.69 Å². The second-order valence-corrected chi connectivity index (χ2v) is 8.84. The van der Waals surface area contributed by atoms with Gasteiger partial charge in [0, 0.05) is 42.1 Å². The first-order valence-electron chi connectivity index (χ1n) is 11.8. The topological polar surface area (TPSA) is 71.4 Å². The number of ether oxygens (including phenoxy) is 1. The highest BCUT2D eigenvalue weighted by Crippen LogP contribution is 2.42. The molecule has 2 atom stereocenters. The summed E-state index contributed by atoms with van der Waals surface area (Å²) in [4.78, 5) is 18.2. The number of nitrogens with zero attached hydrogens (tertiary/aromatic N) is 3. The van der Waals surface area contributed by atoms with E-state index in [0.717, 1.165) is 34.2 Å². The summed E-state index contributed by atoms with van der Waals surface area (Å²) >= 11 is 5.85. The molecule has 7 nitrogen and oxygen atoms in total. The third kappa shape index (κ3) is 4.67. The minimum Gasteiger partial charge on any atom is -0.494 e. The molecule has 1 fully saturated rings. The van der Waals surface area contributed by atoms with Crippen molar-refractivity contribution in [1.29, 1.82) is 0 Å². The van der Waals surface area contributed by atoms with Gasteiger partial charge < -0.3 is 24.8 Å². The maximum Gasteiger partial charge on any atom is 0.221 e. The van der Waals surface area contributed by atoms with Crippen molar-refractivity contribution in [1.82, 2.24) is 14.9 Å². The molecule has 1 amide bonds. The van der Waals surface area contributed by atoms with Crippen molar-refractivity contribution in [2.45, 2.75) is 25.9 Å². The molecule has 182 valence electrons. The number of nitrogens with one attached hydrogen (secondary N) is 2. The van der Waals surface area contributed by atoms with Gasteiger partial charge >= 0.3 is 0 Å². The lowest BCUT2D eigenvalue weighted by molar-refractivity contribution is -0.114. The lowest BCUT2D eigenvalue weighted by Gasteiger charge is -2.29. The number of carbonyl (C=O) groups excluding carboxylic acids is 1. The standard InChI is InChI=1S/C28H27N5O2S/c1-3-35-23-15-13-21(14-16-23)32-18-6-8-25(32)27-26(24-7-4-5-17-29-24)31-28(36)33(27)22-11-9-20(10-12-22)30-19(2)34/h4-18,26-27H,3H2,1-2H3,(H,30,34)(H,31,36)/t26-,27-/m1/s1. The van der Waals surface area contributed by atoms with Gasteiger partial charge in [-0.15, -0.1) is 0 Å². The van der Waals surface area contributed by atoms with Gasteiger partial charge in [0.15, 0.2) is 5.11 Å². The minimum atomic E-state index is -0.166. The molecule has 0 spiro atoms. The largest absolute Gasteiger partial charge is 0.494 e. The van der Waals surface area contributed by atoms with E-state index in [1.54, 1.807) is 6.20 Å². The number of thiocarbonyl (C=S) groups is 1. The van der Waals surface area contributed by atoms with E-state index in [-0.39, 0.29) is 18.0 Å². The molecule has 1 saturated heterocycles. The minimum absolute atomic E-state index is 0.109. The van der Waals surface area contributed by atoms with Crippen LogP contribution in [0, 0.1) is 0 Å². The van der Waals surface area contributed by atoms with Gasteiger partial charge in [0.2, 0.25) is 5.91 Å². The van der Waals surface area contributed by atoms with Crippen molar-refractivity contribution < 1.29 is 9.53 Å². The van der Waals surface area contributed by atoms with Gasteiger partial charge in [0.1, 0.15) is 11.8 Å². The lowest BCUT2D eigenvalue weighted by Crippen LogP contribution is -2.30. The number of aromatic nitrogens is 2. The number of anilines is 2. The molecule has 1 aliphatic rings. The Morgan fingerprint density at radius 3 is 2.44 bits per heavy atom. The van der Waals surface area contributed by atoms with E-state index in [4.69, 9.17) is 17.0 Å². The number of benzene rings is 2. The molecule has 2 N–H and O–H groups in total. The molecule has 0 aliphatic carbocycles. The quantitative estimate of drug-likeness (QED) is 0.333. The van der Waals surface area contributed by atoms with Crippen LogP contribution in [0.4, 0.5) is 11.4 Å². The Labute approximate surface area is 215 Å². The summed E-state index contributed by atoms with van der Waals surface area (Å²) in [5.74, 6) is 0.730. The van der Waals surface area contributed by atoms with Crippen molar-refractivity contribution in [3.8, 4) is 11.4 Å². The Morgan fingerprint density at radius 2 is 1.78 bits per heavy atom. The van der Waals surface area contributed by atoms with E-state index >= 15 is 0 Å². The van der Waals surface area contributed by atoms with Crippen LogP contribution in [0.5, 0.6) is 5.75 Å². The van der Waals surface area contributed by atoms with Crippen LogP contribution in [0.15, 0.2) is 91.3 Å². The van der Waals surface area contributed by atoms with Crippen LogP contribution in [0.1, 0.15) is 37.3 Å². The molecule has 4 aromatic rings. The zero-order chi connectivity index (χ0) is 25.1. The van der Waals surface area contributed by atoms with Crippen LogP contribution >= 0.6 is 12.2 Å². The molecular formula is C28H27N5O2S. The second kappa shape index (κ2) is 10.2. The van der Waals surface area contributed by atoms with Crippen molar-refractivity contribution in [3.63, 3.8) is 0 Å². The first-order valence-corrected chi connectivity index (χ1v) is 12.2. The summed E-state index contributed by atoms with van der Waals surface area (Å²) < 4.78 is 7.80. The van der Waals surface area contributed by atoms with Gasteiger partial charge in [-0.3, -0.25) is 9.78 Å². The zero-order valence-electron chi connectivity index (χ0n) is 20.1. The summed E-state index contributed by atoms with van der Waals surface area (Å²) in [7, 11) is 0. The van der Waals surface area contributed by atoms with E-state index in [9.17, 15) is 4.79 Å². The Bertz CT molecular complexity index is 1350. The first-order chi connectivity index (χ1) is 17.5. The Morgan fingerprint density at radius 1 is 1.03 bits per heavy atom. The van der Waals surface area contributed by atoms with Crippen molar-refractivity contribution in [3.05, 3.63) is 103 Å². The monoisotopic (exact) mass is 497 g/mol. The maximum absolute atomic E-state index is 11.5. The zero-order valence-corrected chi connectivity index (χ0v) is 20.9. The summed E-state index contributed by atoms with van der Waals surface area (Å²) in [5, 5.41) is 6.93. The van der Waals surface area contributed by atoms with Gasteiger partial charge in [-0.25, -0.2) is 0 Å². The molecule has 3 heterocycles. The molecule has 8 heteroatoms. The number of rotatable bonds is 7. The summed E-state index contributed by atoms with van der Waals surface area (Å²) in [6, 6.07) is 25.5. The third-order valence-electron chi connectivity index (χ3n) is 6.07. The third-order valence-corrected chi connectivity index (χ3v) is 6.39. The number of pyridine rings is 1. The molecule has 0 radical (unpaired) electrons. The fourth-order valence-corrected chi connectivity index (χ4v) is 4.93. The van der Waals surface area contributed by atoms with Crippen LogP contribution in [-0.4, -0.2) is 27.2 Å². The van der Waals surface area contributed by atoms with Gasteiger partial charge in [-0.2, -0.15) is 0 Å². The predicted octanol–water partition coefficient (Wildman–Crippen LogP) is 5.41. The SMILES string of the molecule is CCOc1ccc(-n2cccc2[C@@H]2[C@@H](c3ccccn3)NC(=S)N2c2ccc(NC(C)=O)cc2)cc1. The lowest BCUT2D eigenvalue weighted by atomic mass is 10.0. The fourth-order valence-electron chi connectivity index (χ4n) is 4.58. The molecule has 1 aliphatic heterocycles. The summed E-state index contributed by atoms with van der Waals surface area (Å²) in [6.45, 7) is 4.10. The van der Waals surface area contributed by atoms with E-state index in [0.29, 0.717) is 11.7 Å². The number of hydrogen-bond acceptors (Lipinski definition) is 4. The van der Waals surface area contributed by atoms with Crippen LogP contribution in [0.2, 0.25) is 0 Å². The normalized spacial score (nSPS) is 17.1. The Balaban J connectivity index is 1.58. The van der Waals surface area contributed by atoms with E-state index in [1.165, 1.54) is 6.92 Å². The molecule has 2 aromatic carbocycles. The Hall–Kier alpha value is -4.17. The highest BCUT2D eigenvalue weighted by Gasteiger charge is 2.42. The molecule has 2 aromatic heterocycles. The van der Waals surface area contributed by atoms with Crippen LogP contribution in [0.3, 0.4) is 0 Å². The second-order valence-electron chi connectivity index (χ2n) is 8.45. The van der Waals surface area contributed by atoms with Gasteiger partial charge in [0.25, 0.3) is 0 Å². The molecular weight excluding hydrogens is 470 g/mol. The summed E-state index contributed by atoms with van der Waals surface area (Å²) in [6.07, 6.45) is 3.85. The molecule has 0 bridgehead atoms.